The lowest BCUT2D eigenvalue weighted by molar-refractivity contribution is -0.147. The molecule has 0 spiro atoms. The molecule has 0 bridgehead atoms. The highest BCUT2D eigenvalue weighted by Crippen LogP contribution is 2.04. The first-order valence-electron chi connectivity index (χ1n) is 7.55. The fourth-order valence-electron chi connectivity index (χ4n) is 1.83. The van der Waals surface area contributed by atoms with Crippen molar-refractivity contribution >= 4 is 23.9 Å². The van der Waals surface area contributed by atoms with Gasteiger partial charge >= 0.3 is 12.1 Å². The predicted octanol–water partition coefficient (Wildman–Crippen LogP) is -0.00630. The molecule has 0 saturated carbocycles. The molecule has 1 aromatic carbocycles. The molecule has 9 heteroatoms. The van der Waals surface area contributed by atoms with Crippen molar-refractivity contribution in [3.63, 3.8) is 0 Å². The molecule has 0 saturated heterocycles. The molecule has 0 aromatic heterocycles. The number of carbonyl (C=O) groups is 4. The second-order valence-corrected chi connectivity index (χ2v) is 5.40. The van der Waals surface area contributed by atoms with Crippen molar-refractivity contribution in [2.24, 2.45) is 11.7 Å². The van der Waals surface area contributed by atoms with Gasteiger partial charge in [-0.15, -0.1) is 0 Å². The van der Waals surface area contributed by atoms with Crippen LogP contribution in [-0.2, 0) is 25.7 Å². The largest absolute Gasteiger partial charge is 0.465 e. The third kappa shape index (κ3) is 7.82. The summed E-state index contributed by atoms with van der Waals surface area (Å²) in [5.41, 5.74) is 5.97. The molecule has 0 aliphatic rings. The van der Waals surface area contributed by atoms with Gasteiger partial charge in [-0.1, -0.05) is 37.3 Å². The summed E-state index contributed by atoms with van der Waals surface area (Å²) in [5.74, 6) is -2.92. The molecular formula is C16H21N3O6. The lowest BCUT2D eigenvalue weighted by atomic mass is 10.1. The summed E-state index contributed by atoms with van der Waals surface area (Å²) in [6, 6.07) is 7.73. The highest BCUT2D eigenvalue weighted by atomic mass is 16.5. The molecule has 0 unspecified atom stereocenters. The number of amides is 3. The van der Waals surface area contributed by atoms with E-state index in [0.29, 0.717) is 0 Å². The summed E-state index contributed by atoms with van der Waals surface area (Å²) >= 11 is 0. The molecule has 0 heterocycles. The van der Waals surface area contributed by atoms with Crippen molar-refractivity contribution in [1.29, 1.82) is 0 Å². The van der Waals surface area contributed by atoms with Crippen LogP contribution in [0.15, 0.2) is 30.3 Å². The minimum absolute atomic E-state index is 0.0397. The quantitative estimate of drug-likeness (QED) is 0.460. The van der Waals surface area contributed by atoms with Gasteiger partial charge < -0.3 is 26.2 Å². The normalized spacial score (nSPS) is 12.5. The third-order valence-electron chi connectivity index (χ3n) is 3.28. The van der Waals surface area contributed by atoms with Crippen LogP contribution in [-0.4, -0.2) is 41.6 Å². The summed E-state index contributed by atoms with van der Waals surface area (Å²) in [7, 11) is 0. The minimum Gasteiger partial charge on any atom is -0.465 e. The number of carboxylic acid groups (broad SMARTS) is 1. The maximum absolute atomic E-state index is 11.9. The summed E-state index contributed by atoms with van der Waals surface area (Å²) in [6.07, 6.45) is -1.68. The van der Waals surface area contributed by atoms with Gasteiger partial charge in [0.2, 0.25) is 11.8 Å². The van der Waals surface area contributed by atoms with Gasteiger partial charge in [-0.3, -0.25) is 14.4 Å². The highest BCUT2D eigenvalue weighted by Gasteiger charge is 2.25. The molecule has 2 atom stereocenters. The van der Waals surface area contributed by atoms with E-state index in [-0.39, 0.29) is 13.2 Å². The van der Waals surface area contributed by atoms with E-state index in [1.807, 2.05) is 6.07 Å². The first-order valence-corrected chi connectivity index (χ1v) is 7.55. The number of primary amides is 1. The van der Waals surface area contributed by atoms with E-state index in [0.717, 1.165) is 5.56 Å². The van der Waals surface area contributed by atoms with Crippen LogP contribution in [0.25, 0.3) is 0 Å². The lowest BCUT2D eigenvalue weighted by Crippen LogP contribution is -2.49. The van der Waals surface area contributed by atoms with E-state index in [9.17, 15) is 19.2 Å². The number of nitrogens with two attached hydrogens (primary N) is 1. The molecule has 1 aromatic rings. The van der Waals surface area contributed by atoms with Crippen LogP contribution < -0.4 is 16.4 Å². The Balaban J connectivity index is 2.50. The van der Waals surface area contributed by atoms with Crippen LogP contribution >= 0.6 is 0 Å². The van der Waals surface area contributed by atoms with Crippen molar-refractivity contribution < 1.29 is 29.0 Å². The number of benzene rings is 1. The van der Waals surface area contributed by atoms with Gasteiger partial charge in [0, 0.05) is 6.54 Å². The van der Waals surface area contributed by atoms with Crippen LogP contribution in [0.1, 0.15) is 18.9 Å². The van der Waals surface area contributed by atoms with Gasteiger partial charge in [-0.2, -0.15) is 0 Å². The Morgan fingerprint density at radius 1 is 1.20 bits per heavy atom. The topological polar surface area (TPSA) is 148 Å². The SMILES string of the molecule is C[C@H](CNC(=O)O)C(=O)N[C@@H](CC(=O)OCc1ccccc1)C(N)=O. The average molecular weight is 351 g/mol. The van der Waals surface area contributed by atoms with Gasteiger partial charge in [-0.05, 0) is 5.56 Å². The van der Waals surface area contributed by atoms with Crippen molar-refractivity contribution in [1.82, 2.24) is 10.6 Å². The first-order chi connectivity index (χ1) is 11.8. The Labute approximate surface area is 144 Å². The molecule has 136 valence electrons. The average Bonchev–Trinajstić information content (AvgIpc) is 2.57. The predicted molar refractivity (Wildman–Crippen MR) is 87.2 cm³/mol. The summed E-state index contributed by atoms with van der Waals surface area (Å²) in [6.45, 7) is 1.38. The third-order valence-corrected chi connectivity index (χ3v) is 3.28. The maximum Gasteiger partial charge on any atom is 0.404 e. The van der Waals surface area contributed by atoms with Crippen molar-refractivity contribution in [2.75, 3.05) is 6.54 Å². The van der Waals surface area contributed by atoms with Crippen molar-refractivity contribution in [2.45, 2.75) is 26.0 Å². The summed E-state index contributed by atoms with van der Waals surface area (Å²) < 4.78 is 5.04. The fourth-order valence-corrected chi connectivity index (χ4v) is 1.83. The smallest absolute Gasteiger partial charge is 0.404 e. The molecule has 0 aliphatic heterocycles. The summed E-state index contributed by atoms with van der Waals surface area (Å²) in [5, 5.41) is 12.9. The molecule has 0 radical (unpaired) electrons. The van der Waals surface area contributed by atoms with Crippen LogP contribution in [0.2, 0.25) is 0 Å². The van der Waals surface area contributed by atoms with E-state index in [1.54, 1.807) is 24.3 Å². The molecule has 25 heavy (non-hydrogen) atoms. The highest BCUT2D eigenvalue weighted by molar-refractivity contribution is 5.90. The van der Waals surface area contributed by atoms with E-state index in [1.165, 1.54) is 6.92 Å². The number of hydrogen-bond donors (Lipinski definition) is 4. The number of nitrogens with one attached hydrogen (secondary N) is 2. The van der Waals surface area contributed by atoms with E-state index < -0.39 is 42.3 Å². The zero-order valence-corrected chi connectivity index (χ0v) is 13.7. The number of esters is 1. The van der Waals surface area contributed by atoms with Crippen LogP contribution in [0.4, 0.5) is 4.79 Å². The van der Waals surface area contributed by atoms with Gasteiger partial charge in [-0.25, -0.2) is 4.79 Å². The zero-order valence-electron chi connectivity index (χ0n) is 13.7. The van der Waals surface area contributed by atoms with E-state index in [2.05, 4.69) is 10.6 Å². The van der Waals surface area contributed by atoms with Crippen LogP contribution in [0.3, 0.4) is 0 Å². The standard InChI is InChI=1S/C16H21N3O6/c1-10(8-18-16(23)24)15(22)19-12(14(17)21)7-13(20)25-9-11-5-3-2-4-6-11/h2-6,10,12,18H,7-9H2,1H3,(H2,17,21)(H,19,22)(H,23,24)/t10-,12+/m1/s1. The Morgan fingerprint density at radius 3 is 2.40 bits per heavy atom. The molecule has 9 nitrogen and oxygen atoms in total. The van der Waals surface area contributed by atoms with E-state index in [4.69, 9.17) is 15.6 Å². The number of rotatable bonds is 9. The van der Waals surface area contributed by atoms with Crippen molar-refractivity contribution in [3.05, 3.63) is 35.9 Å². The van der Waals surface area contributed by atoms with Gasteiger partial charge in [0.1, 0.15) is 12.6 Å². The molecular weight excluding hydrogens is 330 g/mol. The fraction of sp³-hybridized carbons (Fsp3) is 0.375. The van der Waals surface area contributed by atoms with Gasteiger partial charge in [0.25, 0.3) is 0 Å². The number of hydrogen-bond acceptors (Lipinski definition) is 5. The van der Waals surface area contributed by atoms with Gasteiger partial charge in [0.15, 0.2) is 0 Å². The van der Waals surface area contributed by atoms with Crippen LogP contribution in [0.5, 0.6) is 0 Å². The molecule has 1 rings (SSSR count). The van der Waals surface area contributed by atoms with Crippen LogP contribution in [0, 0.1) is 5.92 Å². The van der Waals surface area contributed by atoms with Crippen molar-refractivity contribution in [3.8, 4) is 0 Å². The summed E-state index contributed by atoms with van der Waals surface area (Å²) in [4.78, 5) is 45.6. The Hall–Kier alpha value is -3.10. The van der Waals surface area contributed by atoms with E-state index >= 15 is 0 Å². The molecule has 0 aliphatic carbocycles. The maximum atomic E-state index is 11.9. The lowest BCUT2D eigenvalue weighted by Gasteiger charge is -2.18. The van der Waals surface area contributed by atoms with Gasteiger partial charge in [0.05, 0.1) is 12.3 Å². The number of ether oxygens (including phenoxy) is 1. The molecule has 3 amide bonds. The second kappa shape index (κ2) is 9.91. The Bertz CT molecular complexity index is 620. The Kier molecular flexibility index (Phi) is 7.91. The Morgan fingerprint density at radius 2 is 1.84 bits per heavy atom. The molecule has 0 fully saturated rings. The molecule has 5 N–H and O–H groups in total. The zero-order chi connectivity index (χ0) is 18.8. The minimum atomic E-state index is -1.27. The monoisotopic (exact) mass is 351 g/mol. The second-order valence-electron chi connectivity index (χ2n) is 5.40. The number of carbonyl (C=O) groups excluding carboxylic acids is 3. The first kappa shape index (κ1) is 19.9.